The Morgan fingerprint density at radius 2 is 1.83 bits per heavy atom. The van der Waals surface area contributed by atoms with Crippen molar-refractivity contribution in [3.8, 4) is 17.4 Å². The van der Waals surface area contributed by atoms with Crippen LogP contribution in [-0.4, -0.2) is 33.0 Å². The number of aromatic nitrogens is 3. The molecule has 2 aromatic carbocycles. The van der Waals surface area contributed by atoms with E-state index < -0.39 is 0 Å². The summed E-state index contributed by atoms with van der Waals surface area (Å²) in [7, 11) is 0. The van der Waals surface area contributed by atoms with Crippen LogP contribution >= 0.6 is 0 Å². The first-order valence-corrected chi connectivity index (χ1v) is 11.6. The lowest BCUT2D eigenvalue weighted by Crippen LogP contribution is -2.23. The van der Waals surface area contributed by atoms with Crippen LogP contribution in [0.15, 0.2) is 85.6 Å². The Bertz CT molecular complexity index is 1290. The number of hydrogen-bond donors (Lipinski definition) is 2. The quantitative estimate of drug-likeness (QED) is 0.326. The molecule has 4 rings (SSSR count). The molecule has 0 aliphatic carbocycles. The number of nitrogens with one attached hydrogen (secondary N) is 2. The molecule has 0 saturated heterocycles. The molecule has 9 nitrogen and oxygen atoms in total. The van der Waals surface area contributed by atoms with E-state index in [0.717, 1.165) is 11.3 Å². The Morgan fingerprint density at radius 3 is 2.61 bits per heavy atom. The van der Waals surface area contributed by atoms with Gasteiger partial charge in [0.05, 0.1) is 12.9 Å². The summed E-state index contributed by atoms with van der Waals surface area (Å²) in [5, 5.41) is 5.72. The van der Waals surface area contributed by atoms with Gasteiger partial charge in [0, 0.05) is 55.4 Å². The highest BCUT2D eigenvalue weighted by Crippen LogP contribution is 2.23. The third kappa shape index (κ3) is 7.17. The summed E-state index contributed by atoms with van der Waals surface area (Å²) in [5.74, 6) is 1.43. The number of ether oxygens (including phenoxy) is 2. The number of hydrogen-bond acceptors (Lipinski definition) is 6. The van der Waals surface area contributed by atoms with Crippen LogP contribution < -0.4 is 20.1 Å². The van der Waals surface area contributed by atoms with Crippen LogP contribution in [0, 0.1) is 0 Å². The SMILES string of the molecule is CCOc1ccc(Oc2cc(CNC(=O)c3cccc(NC(=O)CCn4ccnc4)c3)ccn2)cc1. The highest BCUT2D eigenvalue weighted by molar-refractivity contribution is 5.97. The van der Waals surface area contributed by atoms with Gasteiger partial charge in [-0.1, -0.05) is 6.07 Å². The van der Waals surface area contributed by atoms with E-state index >= 15 is 0 Å². The summed E-state index contributed by atoms with van der Waals surface area (Å²) in [6.45, 7) is 3.35. The number of carbonyl (C=O) groups is 2. The normalized spacial score (nSPS) is 10.5. The molecule has 0 unspecified atom stereocenters. The molecule has 4 aromatic rings. The van der Waals surface area contributed by atoms with Gasteiger partial charge in [-0.3, -0.25) is 9.59 Å². The third-order valence-electron chi connectivity index (χ3n) is 5.17. The van der Waals surface area contributed by atoms with Crippen LogP contribution in [0.5, 0.6) is 17.4 Å². The largest absolute Gasteiger partial charge is 0.494 e. The minimum absolute atomic E-state index is 0.141. The molecule has 36 heavy (non-hydrogen) atoms. The van der Waals surface area contributed by atoms with Crippen LogP contribution in [0.2, 0.25) is 0 Å². The zero-order valence-electron chi connectivity index (χ0n) is 19.9. The fourth-order valence-corrected chi connectivity index (χ4v) is 3.40. The summed E-state index contributed by atoms with van der Waals surface area (Å²) in [5.41, 5.74) is 1.85. The van der Waals surface area contributed by atoms with E-state index in [1.807, 2.05) is 41.8 Å². The molecule has 0 bridgehead atoms. The first kappa shape index (κ1) is 24.5. The predicted octanol–water partition coefficient (Wildman–Crippen LogP) is 4.43. The van der Waals surface area contributed by atoms with Gasteiger partial charge in [0.25, 0.3) is 5.91 Å². The van der Waals surface area contributed by atoms with Crippen molar-refractivity contribution in [2.24, 2.45) is 0 Å². The Kier molecular flexibility index (Phi) is 8.27. The van der Waals surface area contributed by atoms with E-state index in [1.165, 1.54) is 0 Å². The summed E-state index contributed by atoms with van der Waals surface area (Å²) in [4.78, 5) is 33.1. The van der Waals surface area contributed by atoms with Crippen LogP contribution in [-0.2, 0) is 17.9 Å². The number of benzene rings is 2. The second kappa shape index (κ2) is 12.2. The van der Waals surface area contributed by atoms with E-state index in [1.54, 1.807) is 55.2 Å². The van der Waals surface area contributed by atoms with Crippen molar-refractivity contribution in [3.05, 3.63) is 96.7 Å². The maximum absolute atomic E-state index is 12.7. The smallest absolute Gasteiger partial charge is 0.251 e. The maximum atomic E-state index is 12.7. The number of amides is 2. The summed E-state index contributed by atoms with van der Waals surface area (Å²) >= 11 is 0. The number of imidazole rings is 1. The lowest BCUT2D eigenvalue weighted by molar-refractivity contribution is -0.116. The number of anilines is 1. The van der Waals surface area contributed by atoms with Crippen LogP contribution in [0.1, 0.15) is 29.3 Å². The van der Waals surface area contributed by atoms with Crippen LogP contribution in [0.25, 0.3) is 0 Å². The van der Waals surface area contributed by atoms with Gasteiger partial charge in [0.1, 0.15) is 11.5 Å². The first-order chi connectivity index (χ1) is 17.6. The molecule has 0 aliphatic rings. The average Bonchev–Trinajstić information content (AvgIpc) is 3.42. The van der Waals surface area contributed by atoms with Gasteiger partial charge >= 0.3 is 0 Å². The standard InChI is InChI=1S/C27H27N5O4/c1-2-35-23-6-8-24(9-7-23)36-26-16-20(10-12-29-26)18-30-27(34)21-4-3-5-22(17-21)31-25(33)11-14-32-15-13-28-19-32/h3-10,12-13,15-17,19H,2,11,14,18H2,1H3,(H,30,34)(H,31,33). The molecule has 0 radical (unpaired) electrons. The number of pyridine rings is 1. The summed E-state index contributed by atoms with van der Waals surface area (Å²) in [6, 6.07) is 17.7. The van der Waals surface area contributed by atoms with Gasteiger partial charge < -0.3 is 24.7 Å². The highest BCUT2D eigenvalue weighted by atomic mass is 16.5. The minimum Gasteiger partial charge on any atom is -0.494 e. The van der Waals surface area contributed by atoms with E-state index in [-0.39, 0.29) is 11.8 Å². The zero-order valence-corrected chi connectivity index (χ0v) is 19.9. The van der Waals surface area contributed by atoms with Gasteiger partial charge in [-0.2, -0.15) is 0 Å². The lowest BCUT2D eigenvalue weighted by Gasteiger charge is -2.10. The third-order valence-corrected chi connectivity index (χ3v) is 5.17. The second-order valence-corrected chi connectivity index (χ2v) is 7.87. The van der Waals surface area contributed by atoms with Gasteiger partial charge in [-0.15, -0.1) is 0 Å². The van der Waals surface area contributed by atoms with Crippen molar-refractivity contribution >= 4 is 17.5 Å². The van der Waals surface area contributed by atoms with E-state index in [9.17, 15) is 9.59 Å². The molecule has 2 N–H and O–H groups in total. The van der Waals surface area contributed by atoms with Crippen LogP contribution in [0.4, 0.5) is 5.69 Å². The van der Waals surface area contributed by atoms with Crippen molar-refractivity contribution in [3.63, 3.8) is 0 Å². The minimum atomic E-state index is -0.254. The van der Waals surface area contributed by atoms with Gasteiger partial charge in [0.15, 0.2) is 0 Å². The lowest BCUT2D eigenvalue weighted by atomic mass is 10.1. The Labute approximate surface area is 209 Å². The van der Waals surface area contributed by atoms with E-state index in [0.29, 0.717) is 49.0 Å². The van der Waals surface area contributed by atoms with Gasteiger partial charge in [-0.25, -0.2) is 9.97 Å². The fourth-order valence-electron chi connectivity index (χ4n) is 3.40. The van der Waals surface area contributed by atoms with E-state index in [2.05, 4.69) is 20.6 Å². The predicted molar refractivity (Wildman–Crippen MR) is 135 cm³/mol. The van der Waals surface area contributed by atoms with Gasteiger partial charge in [-0.05, 0) is 61.0 Å². The Balaban J connectivity index is 1.29. The molecule has 0 aliphatic heterocycles. The van der Waals surface area contributed by atoms with Crippen molar-refractivity contribution in [1.29, 1.82) is 0 Å². The van der Waals surface area contributed by atoms with E-state index in [4.69, 9.17) is 9.47 Å². The Hall–Kier alpha value is -4.66. The topological polar surface area (TPSA) is 107 Å². The molecule has 9 heteroatoms. The molecule has 2 amide bonds. The summed E-state index contributed by atoms with van der Waals surface area (Å²) < 4.78 is 13.1. The number of carbonyl (C=O) groups excluding carboxylic acids is 2. The molecule has 2 heterocycles. The van der Waals surface area contributed by atoms with Crippen molar-refractivity contribution in [2.45, 2.75) is 26.4 Å². The monoisotopic (exact) mass is 485 g/mol. The fraction of sp³-hybridized carbons (Fsp3) is 0.185. The van der Waals surface area contributed by atoms with Crippen molar-refractivity contribution < 1.29 is 19.1 Å². The molecular weight excluding hydrogens is 458 g/mol. The number of aryl methyl sites for hydroxylation is 1. The molecular formula is C27H27N5O4. The maximum Gasteiger partial charge on any atom is 0.251 e. The Morgan fingerprint density at radius 1 is 1.00 bits per heavy atom. The highest BCUT2D eigenvalue weighted by Gasteiger charge is 2.09. The molecule has 0 fully saturated rings. The molecule has 184 valence electrons. The van der Waals surface area contributed by atoms with Crippen molar-refractivity contribution in [1.82, 2.24) is 19.9 Å². The molecule has 2 aromatic heterocycles. The van der Waals surface area contributed by atoms with Gasteiger partial charge in [0.2, 0.25) is 11.8 Å². The molecule has 0 spiro atoms. The van der Waals surface area contributed by atoms with Crippen molar-refractivity contribution in [2.75, 3.05) is 11.9 Å². The molecule has 0 atom stereocenters. The average molecular weight is 486 g/mol. The summed E-state index contributed by atoms with van der Waals surface area (Å²) in [6.07, 6.45) is 7.06. The second-order valence-electron chi connectivity index (χ2n) is 7.87. The molecule has 0 saturated carbocycles. The van der Waals surface area contributed by atoms with Crippen LogP contribution in [0.3, 0.4) is 0 Å². The zero-order chi connectivity index (χ0) is 25.2. The number of rotatable bonds is 11. The first-order valence-electron chi connectivity index (χ1n) is 11.6. The number of nitrogens with zero attached hydrogens (tertiary/aromatic N) is 3.